The van der Waals surface area contributed by atoms with Crippen molar-refractivity contribution in [3.63, 3.8) is 0 Å². The van der Waals surface area contributed by atoms with Gasteiger partial charge in [0.15, 0.2) is 0 Å². The van der Waals surface area contributed by atoms with Crippen LogP contribution in [0.1, 0.15) is 12.0 Å². The summed E-state index contributed by atoms with van der Waals surface area (Å²) in [4.78, 5) is 34.0. The summed E-state index contributed by atoms with van der Waals surface area (Å²) in [5.74, 6) is -1.23. The van der Waals surface area contributed by atoms with Crippen molar-refractivity contribution < 1.29 is 29.0 Å². The van der Waals surface area contributed by atoms with Crippen LogP contribution in [0.4, 0.5) is 9.59 Å². The van der Waals surface area contributed by atoms with Crippen LogP contribution >= 0.6 is 0 Å². The van der Waals surface area contributed by atoms with E-state index in [2.05, 4.69) is 21.9 Å². The van der Waals surface area contributed by atoms with Gasteiger partial charge in [-0.1, -0.05) is 43.0 Å². The number of carboxylic acid groups (broad SMARTS) is 1. The van der Waals surface area contributed by atoms with Gasteiger partial charge in [-0.05, 0) is 12.0 Å². The molecule has 0 saturated heterocycles. The first-order valence-corrected chi connectivity index (χ1v) is 7.24. The molecule has 0 aromatic heterocycles. The number of benzene rings is 1. The van der Waals surface area contributed by atoms with Crippen molar-refractivity contribution in [1.82, 2.24) is 10.6 Å². The molecule has 8 nitrogen and oxygen atoms in total. The minimum absolute atomic E-state index is 0.0149. The molecule has 0 heterocycles. The van der Waals surface area contributed by atoms with Crippen LogP contribution in [0.2, 0.25) is 0 Å². The molecule has 2 amide bonds. The van der Waals surface area contributed by atoms with Crippen molar-refractivity contribution in [2.75, 3.05) is 13.2 Å². The highest BCUT2D eigenvalue weighted by atomic mass is 16.6. The van der Waals surface area contributed by atoms with Crippen molar-refractivity contribution in [2.45, 2.75) is 19.1 Å². The molecule has 0 aliphatic carbocycles. The molecule has 1 aromatic carbocycles. The Morgan fingerprint density at radius 3 is 2.50 bits per heavy atom. The third-order valence-electron chi connectivity index (χ3n) is 2.84. The van der Waals surface area contributed by atoms with E-state index in [4.69, 9.17) is 9.84 Å². The number of rotatable bonds is 9. The molecule has 0 aliphatic rings. The van der Waals surface area contributed by atoms with Crippen molar-refractivity contribution >= 4 is 18.2 Å². The van der Waals surface area contributed by atoms with Gasteiger partial charge in [0, 0.05) is 6.54 Å². The Hall–Kier alpha value is -3.03. The predicted octanol–water partition coefficient (Wildman–Crippen LogP) is 1.67. The molecule has 0 fully saturated rings. The number of hydrogen-bond acceptors (Lipinski definition) is 5. The first-order chi connectivity index (χ1) is 11.5. The zero-order chi connectivity index (χ0) is 17.8. The van der Waals surface area contributed by atoms with E-state index in [-0.39, 0.29) is 26.2 Å². The molecule has 0 unspecified atom stereocenters. The highest BCUT2D eigenvalue weighted by Crippen LogP contribution is 2.01. The highest BCUT2D eigenvalue weighted by Gasteiger charge is 2.20. The van der Waals surface area contributed by atoms with Gasteiger partial charge in [0.05, 0.1) is 0 Å². The number of carbonyl (C=O) groups is 3. The molecule has 0 spiro atoms. The van der Waals surface area contributed by atoms with Crippen molar-refractivity contribution in [3.8, 4) is 0 Å². The van der Waals surface area contributed by atoms with Gasteiger partial charge in [0.25, 0.3) is 0 Å². The highest BCUT2D eigenvalue weighted by molar-refractivity contribution is 5.80. The molecule has 1 atom stereocenters. The largest absolute Gasteiger partial charge is 0.480 e. The molecule has 24 heavy (non-hydrogen) atoms. The van der Waals surface area contributed by atoms with E-state index in [0.717, 1.165) is 5.56 Å². The number of carboxylic acids is 1. The summed E-state index contributed by atoms with van der Waals surface area (Å²) in [6, 6.07) is 7.80. The number of carbonyl (C=O) groups excluding carboxylic acids is 2. The van der Waals surface area contributed by atoms with Crippen molar-refractivity contribution in [1.29, 1.82) is 0 Å². The van der Waals surface area contributed by atoms with Crippen molar-refractivity contribution in [3.05, 3.63) is 48.6 Å². The maximum Gasteiger partial charge on any atom is 0.408 e. The summed E-state index contributed by atoms with van der Waals surface area (Å²) in [5.41, 5.74) is 0.783. The van der Waals surface area contributed by atoms with Crippen molar-refractivity contribution in [2.24, 2.45) is 0 Å². The first kappa shape index (κ1) is 19.0. The lowest BCUT2D eigenvalue weighted by atomic mass is 10.2. The Morgan fingerprint density at radius 2 is 1.88 bits per heavy atom. The summed E-state index contributed by atoms with van der Waals surface area (Å²) < 4.78 is 9.63. The minimum atomic E-state index is -1.23. The molecule has 0 saturated carbocycles. The SMILES string of the molecule is C=CCOC(=O)NCC[C@@H](NC(=O)OCc1ccccc1)C(=O)O. The third-order valence-corrected chi connectivity index (χ3v) is 2.84. The van der Waals surface area contributed by atoms with Crippen LogP contribution in [0.15, 0.2) is 43.0 Å². The Bertz CT molecular complexity index is 561. The van der Waals surface area contributed by atoms with Gasteiger partial charge in [-0.3, -0.25) is 0 Å². The van der Waals surface area contributed by atoms with Gasteiger partial charge >= 0.3 is 18.2 Å². The monoisotopic (exact) mass is 336 g/mol. The molecule has 8 heteroatoms. The van der Waals surface area contributed by atoms with E-state index < -0.39 is 24.2 Å². The van der Waals surface area contributed by atoms with E-state index in [1.807, 2.05) is 6.07 Å². The summed E-state index contributed by atoms with van der Waals surface area (Å²) in [5, 5.41) is 13.7. The van der Waals surface area contributed by atoms with Crippen LogP contribution < -0.4 is 10.6 Å². The van der Waals surface area contributed by atoms with E-state index >= 15 is 0 Å². The molecule has 130 valence electrons. The second-order valence-corrected chi connectivity index (χ2v) is 4.70. The maximum atomic E-state index is 11.6. The van der Waals surface area contributed by atoms with Crippen LogP contribution in [0, 0.1) is 0 Å². The topological polar surface area (TPSA) is 114 Å². The second-order valence-electron chi connectivity index (χ2n) is 4.70. The quantitative estimate of drug-likeness (QED) is 0.591. The lowest BCUT2D eigenvalue weighted by molar-refractivity contribution is -0.139. The fourth-order valence-corrected chi connectivity index (χ4v) is 1.67. The lowest BCUT2D eigenvalue weighted by Crippen LogP contribution is -2.43. The maximum absolute atomic E-state index is 11.6. The van der Waals surface area contributed by atoms with Crippen LogP contribution in [0.5, 0.6) is 0 Å². The summed E-state index contributed by atoms with van der Waals surface area (Å²) in [7, 11) is 0. The average molecular weight is 336 g/mol. The van der Waals surface area contributed by atoms with Crippen LogP contribution in [-0.4, -0.2) is 42.5 Å². The molecule has 0 radical (unpaired) electrons. The lowest BCUT2D eigenvalue weighted by Gasteiger charge is -2.15. The standard InChI is InChI=1S/C16H20N2O6/c1-2-10-23-15(21)17-9-8-13(14(19)20)18-16(22)24-11-12-6-4-3-5-7-12/h2-7,13H,1,8-11H2,(H,17,21)(H,18,22)(H,19,20)/t13-/m1/s1. The molecule has 0 bridgehead atoms. The summed E-state index contributed by atoms with van der Waals surface area (Å²) in [6.45, 7) is 3.50. The van der Waals surface area contributed by atoms with Gasteiger partial charge < -0.3 is 25.2 Å². The Kier molecular flexibility index (Phi) is 8.44. The van der Waals surface area contributed by atoms with Gasteiger partial charge in [-0.25, -0.2) is 14.4 Å². The van der Waals surface area contributed by atoms with E-state index in [9.17, 15) is 14.4 Å². The Morgan fingerprint density at radius 1 is 1.17 bits per heavy atom. The fraction of sp³-hybridized carbons (Fsp3) is 0.312. The first-order valence-electron chi connectivity index (χ1n) is 7.24. The van der Waals surface area contributed by atoms with E-state index in [1.165, 1.54) is 6.08 Å². The number of ether oxygens (including phenoxy) is 2. The summed E-state index contributed by atoms with van der Waals surface area (Å²) >= 11 is 0. The second kappa shape index (κ2) is 10.7. The van der Waals surface area contributed by atoms with Gasteiger partial charge in [-0.2, -0.15) is 0 Å². The van der Waals surface area contributed by atoms with E-state index in [0.29, 0.717) is 0 Å². The molecule has 0 aliphatic heterocycles. The minimum Gasteiger partial charge on any atom is -0.480 e. The molecule has 1 rings (SSSR count). The number of aliphatic carboxylic acids is 1. The van der Waals surface area contributed by atoms with Crippen LogP contribution in [0.25, 0.3) is 0 Å². The Balaban J connectivity index is 2.34. The van der Waals surface area contributed by atoms with Gasteiger partial charge in [-0.15, -0.1) is 0 Å². The number of amides is 2. The summed E-state index contributed by atoms with van der Waals surface area (Å²) in [6.07, 6.45) is -0.144. The molecular weight excluding hydrogens is 316 g/mol. The molecular formula is C16H20N2O6. The van der Waals surface area contributed by atoms with Crippen LogP contribution in [-0.2, 0) is 20.9 Å². The van der Waals surface area contributed by atoms with Gasteiger partial charge in [0.2, 0.25) is 0 Å². The zero-order valence-corrected chi connectivity index (χ0v) is 13.1. The van der Waals surface area contributed by atoms with Gasteiger partial charge in [0.1, 0.15) is 19.3 Å². The fourth-order valence-electron chi connectivity index (χ4n) is 1.67. The number of nitrogens with one attached hydrogen (secondary N) is 2. The number of hydrogen-bond donors (Lipinski definition) is 3. The smallest absolute Gasteiger partial charge is 0.408 e. The predicted molar refractivity (Wildman–Crippen MR) is 85.4 cm³/mol. The molecule has 1 aromatic rings. The Labute approximate surface area is 139 Å². The van der Waals surface area contributed by atoms with E-state index in [1.54, 1.807) is 24.3 Å². The average Bonchev–Trinajstić information content (AvgIpc) is 2.58. The third kappa shape index (κ3) is 7.83. The zero-order valence-electron chi connectivity index (χ0n) is 13.1. The molecule has 3 N–H and O–H groups in total. The van der Waals surface area contributed by atoms with Crippen LogP contribution in [0.3, 0.4) is 0 Å². The number of alkyl carbamates (subject to hydrolysis) is 2. The normalized spacial score (nSPS) is 11.0.